The van der Waals surface area contributed by atoms with Gasteiger partial charge in [0.25, 0.3) is 5.56 Å². The van der Waals surface area contributed by atoms with E-state index in [-0.39, 0.29) is 18.7 Å². The van der Waals surface area contributed by atoms with E-state index in [2.05, 4.69) is 11.9 Å². The molecule has 30 heavy (non-hydrogen) atoms. The zero-order valence-electron chi connectivity index (χ0n) is 17.7. The molecular weight excluding hydrogens is 400 g/mol. The quantitative estimate of drug-likeness (QED) is 0.624. The molecule has 2 heterocycles. The molecule has 0 fully saturated rings. The minimum absolute atomic E-state index is 0.0428. The number of rotatable bonds is 7. The van der Waals surface area contributed by atoms with Crippen LogP contribution in [0.5, 0.6) is 5.75 Å². The predicted molar refractivity (Wildman–Crippen MR) is 118 cm³/mol. The number of aryl methyl sites for hydroxylation is 2. The second-order valence-electron chi connectivity index (χ2n) is 8.12. The molecule has 1 N–H and O–H groups in total. The van der Waals surface area contributed by atoms with Gasteiger partial charge in [-0.1, -0.05) is 19.1 Å². The highest BCUT2D eigenvalue weighted by molar-refractivity contribution is 7.18. The van der Waals surface area contributed by atoms with E-state index in [1.807, 2.05) is 31.2 Å². The summed E-state index contributed by atoms with van der Waals surface area (Å²) >= 11 is 1.65. The fourth-order valence-corrected chi connectivity index (χ4v) is 5.46. The number of ether oxygens (including phenoxy) is 2. The topological polar surface area (TPSA) is 73.6 Å². The Morgan fingerprint density at radius 1 is 1.33 bits per heavy atom. The molecule has 0 spiro atoms. The van der Waals surface area contributed by atoms with Crippen LogP contribution in [0.4, 0.5) is 0 Å². The number of aromatic nitrogens is 2. The van der Waals surface area contributed by atoms with Crippen LogP contribution in [0.3, 0.4) is 0 Å². The van der Waals surface area contributed by atoms with Crippen molar-refractivity contribution in [2.75, 3.05) is 13.7 Å². The first-order valence-corrected chi connectivity index (χ1v) is 11.2. The first-order valence-electron chi connectivity index (χ1n) is 10.4. The average Bonchev–Trinajstić information content (AvgIpc) is 3.08. The van der Waals surface area contributed by atoms with Crippen molar-refractivity contribution in [2.45, 2.75) is 52.4 Å². The molecule has 1 aromatic carbocycles. The van der Waals surface area contributed by atoms with Gasteiger partial charge in [-0.15, -0.1) is 11.3 Å². The van der Waals surface area contributed by atoms with Crippen molar-refractivity contribution in [3.8, 4) is 5.75 Å². The van der Waals surface area contributed by atoms with Gasteiger partial charge in [0.05, 0.1) is 38.4 Å². The Kier molecular flexibility index (Phi) is 6.22. The van der Waals surface area contributed by atoms with Gasteiger partial charge in [-0.25, -0.2) is 4.98 Å². The van der Waals surface area contributed by atoms with Gasteiger partial charge < -0.3 is 14.6 Å². The van der Waals surface area contributed by atoms with E-state index in [0.29, 0.717) is 18.3 Å². The Balaban J connectivity index is 1.45. The Hall–Kier alpha value is -2.22. The molecule has 7 heteroatoms. The van der Waals surface area contributed by atoms with Crippen molar-refractivity contribution >= 4 is 21.6 Å². The number of fused-ring (bicyclic) bond motifs is 3. The number of benzene rings is 1. The Morgan fingerprint density at radius 2 is 2.10 bits per heavy atom. The van der Waals surface area contributed by atoms with Crippen molar-refractivity contribution in [3.05, 3.63) is 56.4 Å². The molecule has 3 aromatic rings. The highest BCUT2D eigenvalue weighted by Gasteiger charge is 2.24. The fraction of sp³-hybridized carbons (Fsp3) is 0.478. The number of hydrogen-bond acceptors (Lipinski definition) is 6. The first-order chi connectivity index (χ1) is 14.5. The number of methoxy groups -OCH3 is 1. The number of nitrogens with zero attached hydrogens (tertiary/aromatic N) is 2. The monoisotopic (exact) mass is 428 g/mol. The molecule has 1 aliphatic carbocycles. The van der Waals surface area contributed by atoms with Crippen LogP contribution in [0.15, 0.2) is 29.1 Å². The van der Waals surface area contributed by atoms with Gasteiger partial charge in [-0.2, -0.15) is 0 Å². The Bertz CT molecular complexity index is 1090. The van der Waals surface area contributed by atoms with Gasteiger partial charge in [-0.05, 0) is 55.4 Å². The van der Waals surface area contributed by atoms with Crippen LogP contribution in [0.2, 0.25) is 0 Å². The molecule has 2 atom stereocenters. The van der Waals surface area contributed by atoms with Crippen LogP contribution in [0.25, 0.3) is 10.2 Å². The Morgan fingerprint density at radius 3 is 2.83 bits per heavy atom. The molecule has 1 aliphatic rings. The summed E-state index contributed by atoms with van der Waals surface area (Å²) in [6, 6.07) is 7.61. The van der Waals surface area contributed by atoms with Crippen LogP contribution in [-0.4, -0.2) is 34.5 Å². The zero-order chi connectivity index (χ0) is 21.3. The van der Waals surface area contributed by atoms with E-state index in [4.69, 9.17) is 9.47 Å². The standard InChI is InChI=1S/C23H28N2O4S/c1-14-4-9-19-20(10-14)30-22-21(19)23(27)25(15(2)24-22)11-17(26)13-29-12-16-5-7-18(28-3)8-6-16/h5-8,14,17,26H,4,9-13H2,1-3H3/t14-,17+/m1/s1. The highest BCUT2D eigenvalue weighted by Crippen LogP contribution is 2.35. The van der Waals surface area contributed by atoms with E-state index in [1.165, 1.54) is 10.4 Å². The van der Waals surface area contributed by atoms with Crippen LogP contribution in [0, 0.1) is 12.8 Å². The van der Waals surface area contributed by atoms with Gasteiger partial charge in [0, 0.05) is 4.88 Å². The van der Waals surface area contributed by atoms with Gasteiger partial charge in [0.1, 0.15) is 16.4 Å². The van der Waals surface area contributed by atoms with Crippen molar-refractivity contribution in [3.63, 3.8) is 0 Å². The third kappa shape index (κ3) is 4.29. The van der Waals surface area contributed by atoms with Gasteiger partial charge >= 0.3 is 0 Å². The highest BCUT2D eigenvalue weighted by atomic mass is 32.1. The molecule has 0 amide bonds. The SMILES string of the molecule is COc1ccc(COC[C@@H](O)Cn2c(C)nc3sc4c(c3c2=O)CC[C@@H](C)C4)cc1. The Labute approximate surface area is 180 Å². The molecular formula is C23H28N2O4S. The van der Waals surface area contributed by atoms with E-state index in [0.717, 1.165) is 40.8 Å². The fourth-order valence-electron chi connectivity index (χ4n) is 4.04. The van der Waals surface area contributed by atoms with Crippen molar-refractivity contribution < 1.29 is 14.6 Å². The molecule has 4 rings (SSSR count). The molecule has 2 aromatic heterocycles. The normalized spacial score (nSPS) is 17.1. The lowest BCUT2D eigenvalue weighted by molar-refractivity contribution is 0.0195. The van der Waals surface area contributed by atoms with Crippen LogP contribution in [-0.2, 0) is 30.7 Å². The lowest BCUT2D eigenvalue weighted by Gasteiger charge is -2.18. The summed E-state index contributed by atoms with van der Waals surface area (Å²) in [5.41, 5.74) is 2.13. The first kappa shape index (κ1) is 21.0. The summed E-state index contributed by atoms with van der Waals surface area (Å²) in [6.07, 6.45) is 2.28. The number of aliphatic hydroxyl groups is 1. The average molecular weight is 429 g/mol. The van der Waals surface area contributed by atoms with Gasteiger partial charge in [0.2, 0.25) is 0 Å². The molecule has 0 saturated carbocycles. The summed E-state index contributed by atoms with van der Waals surface area (Å²) in [5, 5.41) is 11.2. The number of hydrogen-bond donors (Lipinski definition) is 1. The molecule has 0 saturated heterocycles. The largest absolute Gasteiger partial charge is 0.497 e. The maximum absolute atomic E-state index is 13.2. The lowest BCUT2D eigenvalue weighted by Crippen LogP contribution is -2.31. The molecule has 6 nitrogen and oxygen atoms in total. The summed E-state index contributed by atoms with van der Waals surface area (Å²) < 4.78 is 12.4. The predicted octanol–water partition coefficient (Wildman–Crippen LogP) is 3.48. The minimum Gasteiger partial charge on any atom is -0.497 e. The summed E-state index contributed by atoms with van der Waals surface area (Å²) in [4.78, 5) is 20.0. The smallest absolute Gasteiger partial charge is 0.262 e. The van der Waals surface area contributed by atoms with Crippen molar-refractivity contribution in [2.24, 2.45) is 5.92 Å². The van der Waals surface area contributed by atoms with Gasteiger partial charge in [0.15, 0.2) is 0 Å². The van der Waals surface area contributed by atoms with Crippen LogP contribution >= 0.6 is 11.3 Å². The molecule has 0 bridgehead atoms. The lowest BCUT2D eigenvalue weighted by atomic mass is 9.89. The van der Waals surface area contributed by atoms with Crippen molar-refractivity contribution in [1.29, 1.82) is 0 Å². The van der Waals surface area contributed by atoms with Crippen LogP contribution < -0.4 is 10.3 Å². The zero-order valence-corrected chi connectivity index (χ0v) is 18.5. The maximum Gasteiger partial charge on any atom is 0.262 e. The number of thiophene rings is 1. The molecule has 160 valence electrons. The van der Waals surface area contributed by atoms with Gasteiger partial charge in [-0.3, -0.25) is 9.36 Å². The summed E-state index contributed by atoms with van der Waals surface area (Å²) in [7, 11) is 1.63. The third-order valence-electron chi connectivity index (χ3n) is 5.74. The van der Waals surface area contributed by atoms with Crippen molar-refractivity contribution in [1.82, 2.24) is 9.55 Å². The van der Waals surface area contributed by atoms with E-state index in [9.17, 15) is 9.90 Å². The molecule has 0 radical (unpaired) electrons. The van der Waals surface area contributed by atoms with E-state index in [1.54, 1.807) is 23.0 Å². The molecule has 0 unspecified atom stereocenters. The number of aliphatic hydroxyl groups excluding tert-OH is 1. The molecule has 0 aliphatic heterocycles. The van der Waals surface area contributed by atoms with Crippen LogP contribution in [0.1, 0.15) is 35.2 Å². The second-order valence-corrected chi connectivity index (χ2v) is 9.21. The summed E-state index contributed by atoms with van der Waals surface area (Å²) in [5.74, 6) is 2.08. The minimum atomic E-state index is -0.784. The third-order valence-corrected chi connectivity index (χ3v) is 6.89. The van der Waals surface area contributed by atoms with E-state index < -0.39 is 6.10 Å². The van der Waals surface area contributed by atoms with E-state index >= 15 is 0 Å². The summed E-state index contributed by atoms with van der Waals surface area (Å²) in [6.45, 7) is 4.80. The maximum atomic E-state index is 13.2. The second kappa shape index (κ2) is 8.88.